The largest absolute Gasteiger partial charge is 0.488 e. The second kappa shape index (κ2) is 7.71. The highest BCUT2D eigenvalue weighted by atomic mass is 35.5. The Morgan fingerprint density at radius 2 is 2.05 bits per heavy atom. The molecule has 0 unspecified atom stereocenters. The maximum absolute atomic E-state index is 13.4. The van der Waals surface area contributed by atoms with Crippen molar-refractivity contribution in [3.63, 3.8) is 0 Å². The fraction of sp³-hybridized carbons (Fsp3) is 0.600. The molecule has 0 aliphatic heterocycles. The third-order valence-corrected chi connectivity index (χ3v) is 3.90. The van der Waals surface area contributed by atoms with Crippen molar-refractivity contribution in [2.24, 2.45) is 5.92 Å². The summed E-state index contributed by atoms with van der Waals surface area (Å²) in [4.78, 5) is 0. The summed E-state index contributed by atoms with van der Waals surface area (Å²) in [6.07, 6.45) is 6.74. The lowest BCUT2D eigenvalue weighted by molar-refractivity contribution is 0.284. The zero-order valence-corrected chi connectivity index (χ0v) is 11.9. The van der Waals surface area contributed by atoms with Crippen LogP contribution < -0.4 is 10.1 Å². The Kier molecular flexibility index (Phi) is 5.93. The first-order valence-electron chi connectivity index (χ1n) is 7.05. The van der Waals surface area contributed by atoms with Crippen LogP contribution in [0.2, 0.25) is 5.02 Å². The van der Waals surface area contributed by atoms with Crippen molar-refractivity contribution >= 4 is 11.6 Å². The second-order valence-corrected chi connectivity index (χ2v) is 5.51. The summed E-state index contributed by atoms with van der Waals surface area (Å²) in [6, 6.07) is 4.57. The second-order valence-electron chi connectivity index (χ2n) is 5.11. The van der Waals surface area contributed by atoms with Crippen LogP contribution in [0.25, 0.3) is 0 Å². The van der Waals surface area contributed by atoms with Crippen LogP contribution in [0.5, 0.6) is 5.75 Å². The van der Waals surface area contributed by atoms with Gasteiger partial charge in [-0.2, -0.15) is 0 Å². The van der Waals surface area contributed by atoms with Gasteiger partial charge in [-0.1, -0.05) is 36.9 Å². The number of para-hydroxylation sites is 1. The highest BCUT2D eigenvalue weighted by Crippen LogP contribution is 2.27. The molecule has 0 bridgehead atoms. The lowest BCUT2D eigenvalue weighted by atomic mass is 9.89. The number of ether oxygens (including phenoxy) is 1. The monoisotopic (exact) mass is 285 g/mol. The number of nitrogens with one attached hydrogen (secondary N) is 1. The van der Waals surface area contributed by atoms with Gasteiger partial charge >= 0.3 is 0 Å². The Morgan fingerprint density at radius 1 is 1.26 bits per heavy atom. The summed E-state index contributed by atoms with van der Waals surface area (Å²) in [5.41, 5.74) is 0. The molecule has 0 spiro atoms. The van der Waals surface area contributed by atoms with Crippen LogP contribution in [0.4, 0.5) is 4.39 Å². The van der Waals surface area contributed by atoms with E-state index in [1.165, 1.54) is 38.2 Å². The molecule has 106 valence electrons. The molecule has 0 radical (unpaired) electrons. The Hall–Kier alpha value is -0.800. The Morgan fingerprint density at radius 3 is 2.79 bits per heavy atom. The van der Waals surface area contributed by atoms with E-state index in [9.17, 15) is 4.39 Å². The lowest BCUT2D eigenvalue weighted by Crippen LogP contribution is -2.28. The van der Waals surface area contributed by atoms with Crippen molar-refractivity contribution in [3.8, 4) is 5.75 Å². The molecule has 0 atom stereocenters. The maximum atomic E-state index is 13.4. The van der Waals surface area contributed by atoms with Gasteiger partial charge in [0.25, 0.3) is 0 Å². The molecule has 4 heteroatoms. The average molecular weight is 286 g/mol. The van der Waals surface area contributed by atoms with Crippen LogP contribution in [0.3, 0.4) is 0 Å². The molecule has 1 N–H and O–H groups in total. The van der Waals surface area contributed by atoms with E-state index in [4.69, 9.17) is 16.3 Å². The van der Waals surface area contributed by atoms with E-state index in [0.717, 1.165) is 19.0 Å². The zero-order valence-electron chi connectivity index (χ0n) is 11.1. The van der Waals surface area contributed by atoms with Gasteiger partial charge in [-0.3, -0.25) is 0 Å². The van der Waals surface area contributed by atoms with Crippen molar-refractivity contribution in [3.05, 3.63) is 29.0 Å². The lowest BCUT2D eigenvalue weighted by Gasteiger charge is -2.21. The van der Waals surface area contributed by atoms with Crippen molar-refractivity contribution in [2.45, 2.75) is 32.1 Å². The minimum atomic E-state index is -0.403. The van der Waals surface area contributed by atoms with E-state index in [-0.39, 0.29) is 5.75 Å². The van der Waals surface area contributed by atoms with E-state index in [2.05, 4.69) is 5.32 Å². The fourth-order valence-electron chi connectivity index (χ4n) is 2.54. The molecular formula is C15H21ClFNO. The van der Waals surface area contributed by atoms with Crippen LogP contribution in [-0.4, -0.2) is 19.7 Å². The standard InChI is InChI=1S/C15H21ClFNO/c16-13-7-4-8-14(17)15(13)19-10-9-18-11-12-5-2-1-3-6-12/h4,7-8,12,18H,1-3,5-6,9-11H2. The number of hydrogen-bond donors (Lipinski definition) is 1. The van der Waals surface area contributed by atoms with E-state index >= 15 is 0 Å². The van der Waals surface area contributed by atoms with Crippen LogP contribution in [0.15, 0.2) is 18.2 Å². The summed E-state index contributed by atoms with van der Waals surface area (Å²) in [6.45, 7) is 2.20. The Balaban J connectivity index is 1.63. The molecule has 0 amide bonds. The normalized spacial score (nSPS) is 16.5. The van der Waals surface area contributed by atoms with Crippen LogP contribution in [0.1, 0.15) is 32.1 Å². The van der Waals surface area contributed by atoms with Crippen LogP contribution in [0, 0.1) is 11.7 Å². The van der Waals surface area contributed by atoms with E-state index in [1.807, 2.05) is 0 Å². The molecule has 0 heterocycles. The molecule has 1 saturated carbocycles. The highest BCUT2D eigenvalue weighted by molar-refractivity contribution is 6.32. The van der Waals surface area contributed by atoms with Crippen molar-refractivity contribution in [2.75, 3.05) is 19.7 Å². The molecule has 1 aliphatic rings. The van der Waals surface area contributed by atoms with Crippen molar-refractivity contribution < 1.29 is 9.13 Å². The molecular weight excluding hydrogens is 265 g/mol. The van der Waals surface area contributed by atoms with E-state index in [1.54, 1.807) is 12.1 Å². The number of benzene rings is 1. The van der Waals surface area contributed by atoms with Gasteiger partial charge in [-0.15, -0.1) is 0 Å². The molecule has 2 nitrogen and oxygen atoms in total. The van der Waals surface area contributed by atoms with Gasteiger partial charge in [0, 0.05) is 6.54 Å². The number of halogens is 2. The predicted octanol–water partition coefficient (Wildman–Crippen LogP) is 4.03. The van der Waals surface area contributed by atoms with Crippen LogP contribution >= 0.6 is 11.6 Å². The third kappa shape index (κ3) is 4.66. The van der Waals surface area contributed by atoms with Crippen LogP contribution in [-0.2, 0) is 0 Å². The molecule has 1 aromatic carbocycles. The summed E-state index contributed by atoms with van der Waals surface area (Å²) in [5, 5.41) is 3.70. The Bertz CT molecular complexity index is 373. The first-order chi connectivity index (χ1) is 9.27. The topological polar surface area (TPSA) is 21.3 Å². The SMILES string of the molecule is Fc1cccc(Cl)c1OCCNCC1CCCCC1. The van der Waals surface area contributed by atoms with Gasteiger partial charge in [0.1, 0.15) is 6.61 Å². The number of rotatable bonds is 6. The van der Waals surface area contributed by atoms with Gasteiger partial charge < -0.3 is 10.1 Å². The Labute approximate surface area is 119 Å². The van der Waals surface area contributed by atoms with Crippen molar-refractivity contribution in [1.29, 1.82) is 0 Å². The third-order valence-electron chi connectivity index (χ3n) is 3.60. The average Bonchev–Trinajstić information content (AvgIpc) is 2.42. The minimum absolute atomic E-state index is 0.156. The van der Waals surface area contributed by atoms with Gasteiger partial charge in [-0.25, -0.2) is 4.39 Å². The van der Waals surface area contributed by atoms with Gasteiger partial charge in [0.05, 0.1) is 5.02 Å². The summed E-state index contributed by atoms with van der Waals surface area (Å²) in [5.74, 6) is 0.550. The smallest absolute Gasteiger partial charge is 0.173 e. The van der Waals surface area contributed by atoms with E-state index < -0.39 is 5.82 Å². The first-order valence-corrected chi connectivity index (χ1v) is 7.42. The predicted molar refractivity (Wildman–Crippen MR) is 76.3 cm³/mol. The van der Waals surface area contributed by atoms with Gasteiger partial charge in [-0.05, 0) is 37.4 Å². The fourth-order valence-corrected chi connectivity index (χ4v) is 2.76. The molecule has 1 aliphatic carbocycles. The van der Waals surface area contributed by atoms with E-state index in [0.29, 0.717) is 11.6 Å². The summed E-state index contributed by atoms with van der Waals surface area (Å²) in [7, 11) is 0. The first kappa shape index (κ1) is 14.6. The highest BCUT2D eigenvalue weighted by Gasteiger charge is 2.12. The zero-order chi connectivity index (χ0) is 13.5. The summed E-state index contributed by atoms with van der Waals surface area (Å²) >= 11 is 5.88. The minimum Gasteiger partial charge on any atom is -0.488 e. The molecule has 2 rings (SSSR count). The van der Waals surface area contributed by atoms with Gasteiger partial charge in [0.15, 0.2) is 11.6 Å². The van der Waals surface area contributed by atoms with Crippen molar-refractivity contribution in [1.82, 2.24) is 5.32 Å². The maximum Gasteiger partial charge on any atom is 0.173 e. The quantitative estimate of drug-likeness (QED) is 0.797. The molecule has 1 fully saturated rings. The molecule has 0 aromatic heterocycles. The number of hydrogen-bond acceptors (Lipinski definition) is 2. The van der Waals surface area contributed by atoms with Gasteiger partial charge in [0.2, 0.25) is 0 Å². The molecule has 19 heavy (non-hydrogen) atoms. The summed E-state index contributed by atoms with van der Waals surface area (Å²) < 4.78 is 18.8. The molecule has 0 saturated heterocycles. The molecule has 1 aromatic rings.